The highest BCUT2D eigenvalue weighted by Crippen LogP contribution is 2.31. The molecule has 118 valence electrons. The van der Waals surface area contributed by atoms with E-state index in [0.717, 1.165) is 6.42 Å². The first-order valence-corrected chi connectivity index (χ1v) is 7.98. The SMILES string of the molecule is CC(C)(C)c1cc(Cc2ccc(O)cc2)cc(C(C)(C)C)c1. The first kappa shape index (κ1) is 16.6. The summed E-state index contributed by atoms with van der Waals surface area (Å²) in [5.41, 5.74) is 5.62. The van der Waals surface area contributed by atoms with Crippen molar-refractivity contribution in [1.82, 2.24) is 0 Å². The van der Waals surface area contributed by atoms with Crippen LogP contribution in [0.4, 0.5) is 0 Å². The van der Waals surface area contributed by atoms with Crippen LogP contribution in [0.1, 0.15) is 63.8 Å². The second kappa shape index (κ2) is 5.79. The number of phenolic OH excluding ortho intramolecular Hbond substituents is 1. The molecule has 1 N–H and O–H groups in total. The van der Waals surface area contributed by atoms with Crippen molar-refractivity contribution in [2.75, 3.05) is 0 Å². The molecule has 22 heavy (non-hydrogen) atoms. The fourth-order valence-corrected chi connectivity index (χ4v) is 2.51. The van der Waals surface area contributed by atoms with E-state index >= 15 is 0 Å². The first-order valence-electron chi connectivity index (χ1n) is 7.98. The van der Waals surface area contributed by atoms with Gasteiger partial charge in [-0.2, -0.15) is 0 Å². The van der Waals surface area contributed by atoms with Crippen LogP contribution in [0.2, 0.25) is 0 Å². The molecule has 0 saturated carbocycles. The molecule has 0 heterocycles. The monoisotopic (exact) mass is 296 g/mol. The Hall–Kier alpha value is -1.76. The highest BCUT2D eigenvalue weighted by atomic mass is 16.3. The summed E-state index contributed by atoms with van der Waals surface area (Å²) < 4.78 is 0. The minimum absolute atomic E-state index is 0.144. The van der Waals surface area contributed by atoms with Crippen LogP contribution in [0.5, 0.6) is 5.75 Å². The van der Waals surface area contributed by atoms with Crippen molar-refractivity contribution in [3.05, 3.63) is 64.7 Å². The molecular formula is C21H28O. The van der Waals surface area contributed by atoms with Crippen LogP contribution >= 0.6 is 0 Å². The van der Waals surface area contributed by atoms with Crippen LogP contribution in [0.25, 0.3) is 0 Å². The summed E-state index contributed by atoms with van der Waals surface area (Å²) in [6.07, 6.45) is 0.896. The van der Waals surface area contributed by atoms with Crippen molar-refractivity contribution in [1.29, 1.82) is 0 Å². The Kier molecular flexibility index (Phi) is 4.37. The standard InChI is InChI=1S/C21H28O/c1-20(2,3)17-12-16(13-18(14-17)21(4,5)6)11-15-7-9-19(22)10-8-15/h7-10,12-14,22H,11H2,1-6H3. The van der Waals surface area contributed by atoms with Crippen molar-refractivity contribution < 1.29 is 5.11 Å². The molecule has 0 aromatic heterocycles. The molecule has 1 heteroatoms. The maximum atomic E-state index is 9.42. The predicted molar refractivity (Wildman–Crippen MR) is 94.8 cm³/mol. The van der Waals surface area contributed by atoms with E-state index < -0.39 is 0 Å². The maximum absolute atomic E-state index is 9.42. The van der Waals surface area contributed by atoms with Gasteiger partial charge in [0.05, 0.1) is 0 Å². The van der Waals surface area contributed by atoms with E-state index in [1.807, 2.05) is 12.1 Å². The lowest BCUT2D eigenvalue weighted by atomic mass is 9.79. The highest BCUT2D eigenvalue weighted by molar-refractivity contribution is 5.40. The molecule has 0 bridgehead atoms. The van der Waals surface area contributed by atoms with Crippen molar-refractivity contribution in [2.24, 2.45) is 0 Å². The van der Waals surface area contributed by atoms with Gasteiger partial charge in [0.1, 0.15) is 5.75 Å². The van der Waals surface area contributed by atoms with E-state index in [1.165, 1.54) is 22.3 Å². The molecule has 0 aliphatic carbocycles. The fraction of sp³-hybridized carbons (Fsp3) is 0.429. The fourth-order valence-electron chi connectivity index (χ4n) is 2.51. The number of hydrogen-bond donors (Lipinski definition) is 1. The molecule has 0 spiro atoms. The van der Waals surface area contributed by atoms with Gasteiger partial charge in [0.25, 0.3) is 0 Å². The molecule has 0 aliphatic rings. The highest BCUT2D eigenvalue weighted by Gasteiger charge is 2.20. The van der Waals surface area contributed by atoms with E-state index in [2.05, 4.69) is 59.7 Å². The zero-order valence-electron chi connectivity index (χ0n) is 14.7. The zero-order chi connectivity index (χ0) is 16.5. The second-order valence-electron chi connectivity index (χ2n) is 8.26. The molecule has 1 nitrogen and oxygen atoms in total. The molecule has 2 aromatic carbocycles. The van der Waals surface area contributed by atoms with Crippen molar-refractivity contribution in [3.63, 3.8) is 0 Å². The quantitative estimate of drug-likeness (QED) is 0.767. The van der Waals surface area contributed by atoms with Gasteiger partial charge in [-0.3, -0.25) is 0 Å². The Bertz CT molecular complexity index is 605. The Balaban J connectivity index is 2.44. The van der Waals surface area contributed by atoms with Gasteiger partial charge in [-0.25, -0.2) is 0 Å². The molecule has 0 radical (unpaired) electrons. The lowest BCUT2D eigenvalue weighted by molar-refractivity contribution is 0.475. The van der Waals surface area contributed by atoms with Gasteiger partial charge in [-0.1, -0.05) is 71.9 Å². The third-order valence-electron chi connectivity index (χ3n) is 4.07. The normalized spacial score (nSPS) is 12.5. The third-order valence-corrected chi connectivity index (χ3v) is 4.07. The number of hydrogen-bond acceptors (Lipinski definition) is 1. The van der Waals surface area contributed by atoms with Crippen molar-refractivity contribution >= 4 is 0 Å². The van der Waals surface area contributed by atoms with E-state index in [4.69, 9.17) is 0 Å². The summed E-state index contributed by atoms with van der Waals surface area (Å²) in [5.74, 6) is 0.322. The second-order valence-corrected chi connectivity index (χ2v) is 8.26. The summed E-state index contributed by atoms with van der Waals surface area (Å²) in [5, 5.41) is 9.42. The Labute approximate surface area is 135 Å². The van der Waals surface area contributed by atoms with Crippen LogP contribution in [0, 0.1) is 0 Å². The van der Waals surface area contributed by atoms with Gasteiger partial charge in [0.2, 0.25) is 0 Å². The van der Waals surface area contributed by atoms with E-state index in [1.54, 1.807) is 12.1 Å². The topological polar surface area (TPSA) is 20.2 Å². The molecule has 0 unspecified atom stereocenters. The summed E-state index contributed by atoms with van der Waals surface area (Å²) in [7, 11) is 0. The number of rotatable bonds is 2. The predicted octanol–water partition coefficient (Wildman–Crippen LogP) is 5.58. The van der Waals surface area contributed by atoms with Crippen LogP contribution in [0.15, 0.2) is 42.5 Å². The summed E-state index contributed by atoms with van der Waals surface area (Å²) in [4.78, 5) is 0. The average molecular weight is 296 g/mol. The average Bonchev–Trinajstić information content (AvgIpc) is 2.39. The lowest BCUT2D eigenvalue weighted by Gasteiger charge is -2.26. The molecular weight excluding hydrogens is 268 g/mol. The van der Waals surface area contributed by atoms with Gasteiger partial charge in [0, 0.05) is 0 Å². The molecule has 0 saturated heterocycles. The first-order chi connectivity index (χ1) is 10.1. The summed E-state index contributed by atoms with van der Waals surface area (Å²) in [6, 6.07) is 14.5. The Morgan fingerprint density at radius 3 is 1.55 bits per heavy atom. The zero-order valence-corrected chi connectivity index (χ0v) is 14.7. The molecule has 0 aliphatic heterocycles. The smallest absolute Gasteiger partial charge is 0.115 e. The molecule has 2 rings (SSSR count). The van der Waals surface area contributed by atoms with E-state index in [-0.39, 0.29) is 10.8 Å². The largest absolute Gasteiger partial charge is 0.508 e. The minimum atomic E-state index is 0.144. The van der Waals surface area contributed by atoms with Crippen LogP contribution < -0.4 is 0 Å². The van der Waals surface area contributed by atoms with Crippen LogP contribution in [-0.2, 0) is 17.3 Å². The molecule has 2 aromatic rings. The minimum Gasteiger partial charge on any atom is -0.508 e. The van der Waals surface area contributed by atoms with Crippen molar-refractivity contribution in [3.8, 4) is 5.75 Å². The summed E-state index contributed by atoms with van der Waals surface area (Å²) >= 11 is 0. The summed E-state index contributed by atoms with van der Waals surface area (Å²) in [6.45, 7) is 13.6. The Morgan fingerprint density at radius 2 is 1.14 bits per heavy atom. The molecule has 0 fully saturated rings. The lowest BCUT2D eigenvalue weighted by Crippen LogP contribution is -2.17. The molecule has 0 atom stereocenters. The molecule has 0 amide bonds. The van der Waals surface area contributed by atoms with E-state index in [9.17, 15) is 5.11 Å². The van der Waals surface area contributed by atoms with Gasteiger partial charge in [-0.15, -0.1) is 0 Å². The van der Waals surface area contributed by atoms with Crippen LogP contribution in [0.3, 0.4) is 0 Å². The number of aromatic hydroxyl groups is 1. The van der Waals surface area contributed by atoms with Gasteiger partial charge in [-0.05, 0) is 51.6 Å². The third kappa shape index (κ3) is 4.13. The van der Waals surface area contributed by atoms with Gasteiger partial charge < -0.3 is 5.11 Å². The van der Waals surface area contributed by atoms with Crippen LogP contribution in [-0.4, -0.2) is 5.11 Å². The van der Waals surface area contributed by atoms with Gasteiger partial charge in [0.15, 0.2) is 0 Å². The van der Waals surface area contributed by atoms with E-state index in [0.29, 0.717) is 5.75 Å². The maximum Gasteiger partial charge on any atom is 0.115 e. The number of benzene rings is 2. The number of phenols is 1. The van der Waals surface area contributed by atoms with Crippen molar-refractivity contribution in [2.45, 2.75) is 58.8 Å². The Morgan fingerprint density at radius 1 is 0.682 bits per heavy atom. The van der Waals surface area contributed by atoms with Gasteiger partial charge >= 0.3 is 0 Å².